The Morgan fingerprint density at radius 3 is 1.38 bits per heavy atom. The molecule has 0 aromatic rings. The summed E-state index contributed by atoms with van der Waals surface area (Å²) in [6, 6.07) is 0. The first-order valence-corrected chi connectivity index (χ1v) is 13.7. The van der Waals surface area contributed by atoms with E-state index in [1.54, 1.807) is 0 Å². The average Bonchev–Trinajstić information content (AvgIpc) is 2.79. The number of carbonyl (C=O) groups is 2. The van der Waals surface area contributed by atoms with Crippen molar-refractivity contribution in [2.24, 2.45) is 5.73 Å². The summed E-state index contributed by atoms with van der Waals surface area (Å²) in [7, 11) is 0. The highest BCUT2D eigenvalue weighted by atomic mass is 16.6. The molecular weight excluding hydrogens is 402 g/mol. The van der Waals surface area contributed by atoms with Crippen molar-refractivity contribution in [2.45, 2.75) is 148 Å². The number of rotatable bonds is 24. The van der Waals surface area contributed by atoms with Gasteiger partial charge in [-0.05, 0) is 12.8 Å². The van der Waals surface area contributed by atoms with E-state index >= 15 is 0 Å². The van der Waals surface area contributed by atoms with Crippen LogP contribution in [0.1, 0.15) is 142 Å². The van der Waals surface area contributed by atoms with Crippen molar-refractivity contribution in [3.63, 3.8) is 0 Å². The Kier molecular flexibility index (Phi) is 23.7. The van der Waals surface area contributed by atoms with Crippen molar-refractivity contribution in [1.29, 1.82) is 0 Å². The predicted octanol–water partition coefficient (Wildman–Crippen LogP) is 7.24. The maximum Gasteiger partial charge on any atom is 0.306 e. The van der Waals surface area contributed by atoms with E-state index < -0.39 is 6.10 Å². The van der Waals surface area contributed by atoms with Gasteiger partial charge in [-0.25, -0.2) is 0 Å². The van der Waals surface area contributed by atoms with Crippen molar-refractivity contribution in [2.75, 3.05) is 13.2 Å². The summed E-state index contributed by atoms with van der Waals surface area (Å²) in [4.78, 5) is 23.9. The molecule has 1 atom stereocenters. The van der Waals surface area contributed by atoms with Gasteiger partial charge in [-0.2, -0.15) is 0 Å². The average molecular weight is 456 g/mol. The van der Waals surface area contributed by atoms with Crippen LogP contribution in [0.5, 0.6) is 0 Å². The first-order chi connectivity index (χ1) is 15.6. The molecule has 0 aromatic carbocycles. The van der Waals surface area contributed by atoms with Gasteiger partial charge in [-0.3, -0.25) is 9.59 Å². The molecule has 0 saturated carbocycles. The van der Waals surface area contributed by atoms with Crippen LogP contribution in [0, 0.1) is 0 Å². The minimum atomic E-state index is -0.534. The molecule has 0 aliphatic rings. The Hall–Kier alpha value is -1.10. The zero-order valence-electron chi connectivity index (χ0n) is 21.3. The highest BCUT2D eigenvalue weighted by Gasteiger charge is 2.15. The fourth-order valence-corrected chi connectivity index (χ4v) is 3.81. The lowest BCUT2D eigenvalue weighted by Gasteiger charge is -2.16. The molecule has 5 heteroatoms. The van der Waals surface area contributed by atoms with Crippen molar-refractivity contribution in [3.8, 4) is 0 Å². The maximum absolute atomic E-state index is 12.0. The van der Waals surface area contributed by atoms with Crippen LogP contribution in [-0.2, 0) is 19.1 Å². The Morgan fingerprint density at radius 1 is 0.594 bits per heavy atom. The van der Waals surface area contributed by atoms with Crippen LogP contribution >= 0.6 is 0 Å². The minimum Gasteiger partial charge on any atom is -0.462 e. The highest BCUT2D eigenvalue weighted by Crippen LogP contribution is 2.12. The fraction of sp³-hybridized carbons (Fsp3) is 0.926. The fourth-order valence-electron chi connectivity index (χ4n) is 3.81. The van der Waals surface area contributed by atoms with Crippen LogP contribution in [0.25, 0.3) is 0 Å². The van der Waals surface area contributed by atoms with E-state index in [0.29, 0.717) is 12.8 Å². The summed E-state index contributed by atoms with van der Waals surface area (Å²) in [5.74, 6) is -0.459. The third-order valence-corrected chi connectivity index (χ3v) is 5.96. The number of unbranched alkanes of at least 4 members (excludes halogenated alkanes) is 16. The van der Waals surface area contributed by atoms with E-state index in [1.807, 2.05) is 0 Å². The summed E-state index contributed by atoms with van der Waals surface area (Å²) in [6.45, 7) is 4.71. The first-order valence-electron chi connectivity index (χ1n) is 13.7. The third kappa shape index (κ3) is 22.1. The van der Waals surface area contributed by atoms with Gasteiger partial charge in [0.2, 0.25) is 0 Å². The van der Waals surface area contributed by atoms with Gasteiger partial charge in [0.1, 0.15) is 12.7 Å². The van der Waals surface area contributed by atoms with Crippen LogP contribution in [0.15, 0.2) is 0 Å². The Labute approximate surface area is 198 Å². The molecule has 0 bridgehead atoms. The maximum atomic E-state index is 12.0. The van der Waals surface area contributed by atoms with E-state index in [9.17, 15) is 9.59 Å². The number of nitrogens with two attached hydrogens (primary N) is 1. The monoisotopic (exact) mass is 455 g/mol. The van der Waals surface area contributed by atoms with Gasteiger partial charge in [0.25, 0.3) is 0 Å². The van der Waals surface area contributed by atoms with Gasteiger partial charge in [-0.1, -0.05) is 117 Å². The number of esters is 2. The number of ether oxygens (including phenoxy) is 2. The van der Waals surface area contributed by atoms with Gasteiger partial charge in [0.05, 0.1) is 0 Å². The summed E-state index contributed by atoms with van der Waals surface area (Å²) >= 11 is 0. The third-order valence-electron chi connectivity index (χ3n) is 5.96. The molecule has 0 aliphatic heterocycles. The van der Waals surface area contributed by atoms with Crippen LogP contribution in [-0.4, -0.2) is 31.2 Å². The Morgan fingerprint density at radius 2 is 0.969 bits per heavy atom. The standard InChI is InChI=1S/C27H53NO4/c1-3-5-7-9-11-13-15-17-19-21-26(29)31-24-25(23-28)32-27(30)22-20-18-16-14-12-10-8-6-4-2/h25H,3-24,28H2,1-2H3. The molecule has 0 heterocycles. The second-order valence-corrected chi connectivity index (χ2v) is 9.19. The quantitative estimate of drug-likeness (QED) is 0.122. The highest BCUT2D eigenvalue weighted by molar-refractivity contribution is 5.70. The summed E-state index contributed by atoms with van der Waals surface area (Å²) < 4.78 is 10.6. The zero-order valence-corrected chi connectivity index (χ0v) is 21.3. The molecule has 0 aliphatic carbocycles. The van der Waals surface area contributed by atoms with Crippen molar-refractivity contribution < 1.29 is 19.1 Å². The van der Waals surface area contributed by atoms with Crippen LogP contribution in [0.2, 0.25) is 0 Å². The largest absolute Gasteiger partial charge is 0.462 e. The lowest BCUT2D eigenvalue weighted by molar-refractivity contribution is -0.158. The molecule has 0 rings (SSSR count). The van der Waals surface area contributed by atoms with Crippen molar-refractivity contribution in [3.05, 3.63) is 0 Å². The normalized spacial score (nSPS) is 12.0. The molecule has 32 heavy (non-hydrogen) atoms. The van der Waals surface area contributed by atoms with E-state index in [-0.39, 0.29) is 25.1 Å². The Bertz CT molecular complexity index is 428. The lowest BCUT2D eigenvalue weighted by atomic mass is 10.1. The molecule has 0 saturated heterocycles. The van der Waals surface area contributed by atoms with Gasteiger partial charge < -0.3 is 15.2 Å². The molecule has 190 valence electrons. The molecule has 0 aromatic heterocycles. The molecule has 0 fully saturated rings. The summed E-state index contributed by atoms with van der Waals surface area (Å²) in [5, 5.41) is 0. The molecule has 1 unspecified atom stereocenters. The van der Waals surface area contributed by atoms with Crippen molar-refractivity contribution >= 4 is 11.9 Å². The SMILES string of the molecule is CCCCCCCCCCCC(=O)OCC(CN)OC(=O)CCCCCCCCCCC. The zero-order chi connectivity index (χ0) is 23.7. The van der Waals surface area contributed by atoms with E-state index in [2.05, 4.69) is 13.8 Å². The minimum absolute atomic E-state index is 0.0657. The summed E-state index contributed by atoms with van der Waals surface area (Å²) in [5.41, 5.74) is 5.68. The molecule has 2 N–H and O–H groups in total. The second kappa shape index (κ2) is 24.5. The van der Waals surface area contributed by atoms with E-state index in [4.69, 9.17) is 15.2 Å². The topological polar surface area (TPSA) is 78.6 Å². The van der Waals surface area contributed by atoms with Gasteiger partial charge in [0, 0.05) is 19.4 Å². The second-order valence-electron chi connectivity index (χ2n) is 9.19. The van der Waals surface area contributed by atoms with E-state index in [0.717, 1.165) is 25.7 Å². The number of hydrogen-bond donors (Lipinski definition) is 1. The first kappa shape index (κ1) is 30.9. The lowest BCUT2D eigenvalue weighted by Crippen LogP contribution is -2.32. The molecule has 5 nitrogen and oxygen atoms in total. The van der Waals surface area contributed by atoms with Gasteiger partial charge >= 0.3 is 11.9 Å². The van der Waals surface area contributed by atoms with Gasteiger partial charge in [-0.15, -0.1) is 0 Å². The summed E-state index contributed by atoms with van der Waals surface area (Å²) in [6.07, 6.45) is 22.2. The van der Waals surface area contributed by atoms with Crippen LogP contribution in [0.3, 0.4) is 0 Å². The smallest absolute Gasteiger partial charge is 0.306 e. The number of hydrogen-bond acceptors (Lipinski definition) is 5. The molecular formula is C27H53NO4. The predicted molar refractivity (Wildman–Crippen MR) is 134 cm³/mol. The molecule has 0 amide bonds. The van der Waals surface area contributed by atoms with Crippen LogP contribution in [0.4, 0.5) is 0 Å². The van der Waals surface area contributed by atoms with E-state index in [1.165, 1.54) is 89.9 Å². The van der Waals surface area contributed by atoms with Crippen LogP contribution < -0.4 is 5.73 Å². The Balaban J connectivity index is 3.61. The van der Waals surface area contributed by atoms with Gasteiger partial charge in [0.15, 0.2) is 0 Å². The molecule has 0 spiro atoms. The van der Waals surface area contributed by atoms with Crippen molar-refractivity contribution in [1.82, 2.24) is 0 Å². The molecule has 0 radical (unpaired) electrons. The number of carbonyl (C=O) groups excluding carboxylic acids is 2.